The average molecular weight is 290 g/mol. The van der Waals surface area contributed by atoms with Crippen LogP contribution in [0, 0.1) is 11.3 Å². The number of benzene rings is 1. The van der Waals surface area contributed by atoms with Gasteiger partial charge in [0.25, 0.3) is 0 Å². The highest BCUT2D eigenvalue weighted by molar-refractivity contribution is 5.75. The Morgan fingerprint density at radius 1 is 0.955 bits per heavy atom. The third-order valence-electron chi connectivity index (χ3n) is 3.10. The van der Waals surface area contributed by atoms with Crippen molar-refractivity contribution in [2.75, 3.05) is 23.7 Å². The van der Waals surface area contributed by atoms with Crippen LogP contribution in [-0.2, 0) is 0 Å². The number of aromatic nitrogens is 3. The van der Waals surface area contributed by atoms with Crippen LogP contribution in [0.15, 0.2) is 48.8 Å². The second-order valence-electron chi connectivity index (χ2n) is 4.61. The van der Waals surface area contributed by atoms with Gasteiger partial charge in [-0.25, -0.2) is 9.97 Å². The lowest BCUT2D eigenvalue weighted by Crippen LogP contribution is -2.15. The summed E-state index contributed by atoms with van der Waals surface area (Å²) in [7, 11) is 0. The van der Waals surface area contributed by atoms with Crippen molar-refractivity contribution in [3.8, 4) is 6.07 Å². The maximum Gasteiger partial charge on any atom is 0.145 e. The minimum absolute atomic E-state index is 0.535. The Morgan fingerprint density at radius 3 is 2.64 bits per heavy atom. The van der Waals surface area contributed by atoms with Crippen LogP contribution in [0.4, 0.5) is 11.6 Å². The summed E-state index contributed by atoms with van der Waals surface area (Å²) < 4.78 is 0. The van der Waals surface area contributed by atoms with E-state index in [4.69, 9.17) is 5.26 Å². The molecule has 0 aliphatic carbocycles. The van der Waals surface area contributed by atoms with E-state index in [0.717, 1.165) is 16.9 Å². The molecule has 0 bridgehead atoms. The smallest absolute Gasteiger partial charge is 0.145 e. The predicted octanol–water partition coefficient (Wildman–Crippen LogP) is 2.42. The molecule has 3 rings (SSSR count). The fourth-order valence-corrected chi connectivity index (χ4v) is 2.05. The summed E-state index contributed by atoms with van der Waals surface area (Å²) in [6.45, 7) is 1.27. The van der Waals surface area contributed by atoms with Gasteiger partial charge in [0, 0.05) is 19.3 Å². The van der Waals surface area contributed by atoms with Gasteiger partial charge in [-0.05, 0) is 24.3 Å². The van der Waals surface area contributed by atoms with Gasteiger partial charge >= 0.3 is 0 Å². The van der Waals surface area contributed by atoms with Crippen LogP contribution in [0.5, 0.6) is 0 Å². The minimum Gasteiger partial charge on any atom is -0.367 e. The third kappa shape index (κ3) is 3.10. The average Bonchev–Trinajstić information content (AvgIpc) is 2.59. The van der Waals surface area contributed by atoms with E-state index in [-0.39, 0.29) is 0 Å². The van der Waals surface area contributed by atoms with E-state index in [1.54, 1.807) is 24.5 Å². The van der Waals surface area contributed by atoms with Crippen molar-refractivity contribution in [1.29, 1.82) is 5.26 Å². The van der Waals surface area contributed by atoms with E-state index >= 15 is 0 Å². The molecule has 0 saturated carbocycles. The van der Waals surface area contributed by atoms with Gasteiger partial charge in [0.15, 0.2) is 0 Å². The maximum atomic E-state index is 8.99. The molecule has 0 saturated heterocycles. The Bertz CT molecular complexity index is 824. The number of nitriles is 1. The molecule has 6 nitrogen and oxygen atoms in total. The summed E-state index contributed by atoms with van der Waals surface area (Å²) in [4.78, 5) is 13.0. The van der Waals surface area contributed by atoms with E-state index in [2.05, 4.69) is 31.7 Å². The predicted molar refractivity (Wildman–Crippen MR) is 85.5 cm³/mol. The number of anilines is 2. The number of nitrogens with zero attached hydrogens (tertiary/aromatic N) is 4. The normalized spacial score (nSPS) is 10.1. The van der Waals surface area contributed by atoms with Gasteiger partial charge in [-0.2, -0.15) is 5.26 Å². The number of hydrogen-bond donors (Lipinski definition) is 2. The largest absolute Gasteiger partial charge is 0.367 e. The number of hydrogen-bond acceptors (Lipinski definition) is 6. The zero-order chi connectivity index (χ0) is 15.2. The number of nitrogens with one attached hydrogen (secondary N) is 2. The molecule has 0 amide bonds. The molecule has 2 heterocycles. The van der Waals surface area contributed by atoms with Gasteiger partial charge in [0.2, 0.25) is 0 Å². The van der Waals surface area contributed by atoms with Crippen molar-refractivity contribution >= 4 is 22.7 Å². The summed E-state index contributed by atoms with van der Waals surface area (Å²) >= 11 is 0. The molecule has 0 atom stereocenters. The van der Waals surface area contributed by atoms with Gasteiger partial charge in [-0.3, -0.25) is 4.98 Å². The maximum absolute atomic E-state index is 8.99. The summed E-state index contributed by atoms with van der Waals surface area (Å²) in [5.41, 5.74) is 2.27. The molecule has 0 unspecified atom stereocenters. The van der Waals surface area contributed by atoms with E-state index < -0.39 is 0 Å². The second kappa shape index (κ2) is 6.50. The van der Waals surface area contributed by atoms with Crippen molar-refractivity contribution in [2.45, 2.75) is 0 Å². The molecule has 6 heteroatoms. The Morgan fingerprint density at radius 2 is 1.77 bits per heavy atom. The molecule has 0 aliphatic heterocycles. The molecule has 0 spiro atoms. The van der Waals surface area contributed by atoms with Crippen molar-refractivity contribution < 1.29 is 0 Å². The number of rotatable bonds is 5. The lowest BCUT2D eigenvalue weighted by molar-refractivity contribution is 1.04. The summed E-state index contributed by atoms with van der Waals surface area (Å²) in [6.07, 6.45) is 3.37. The first-order valence-electron chi connectivity index (χ1n) is 6.91. The SMILES string of the molecule is N#Cc1cccnc1NCCNc1cnc2ccccc2n1. The lowest BCUT2D eigenvalue weighted by Gasteiger charge is -2.08. The Hall–Kier alpha value is -3.20. The molecular formula is C16H14N6. The minimum atomic E-state index is 0.535. The topological polar surface area (TPSA) is 86.5 Å². The van der Waals surface area contributed by atoms with Gasteiger partial charge < -0.3 is 10.6 Å². The molecular weight excluding hydrogens is 276 g/mol. The molecule has 3 aromatic rings. The van der Waals surface area contributed by atoms with Crippen LogP contribution in [0.2, 0.25) is 0 Å². The second-order valence-corrected chi connectivity index (χ2v) is 4.61. The molecule has 0 aliphatic rings. The van der Waals surface area contributed by atoms with Crippen molar-refractivity contribution in [2.24, 2.45) is 0 Å². The fraction of sp³-hybridized carbons (Fsp3) is 0.125. The highest BCUT2D eigenvalue weighted by atomic mass is 15.1. The quantitative estimate of drug-likeness (QED) is 0.702. The summed E-state index contributed by atoms with van der Waals surface area (Å²) in [5.74, 6) is 1.32. The number of para-hydroxylation sites is 2. The summed E-state index contributed by atoms with van der Waals surface area (Å²) in [5, 5.41) is 15.3. The van der Waals surface area contributed by atoms with Gasteiger partial charge in [-0.15, -0.1) is 0 Å². The molecule has 108 valence electrons. The van der Waals surface area contributed by atoms with Crippen LogP contribution in [-0.4, -0.2) is 28.0 Å². The zero-order valence-corrected chi connectivity index (χ0v) is 11.8. The number of pyridine rings is 1. The lowest BCUT2D eigenvalue weighted by atomic mass is 10.3. The van der Waals surface area contributed by atoms with E-state index in [0.29, 0.717) is 24.5 Å². The fourth-order valence-electron chi connectivity index (χ4n) is 2.05. The van der Waals surface area contributed by atoms with Crippen molar-refractivity contribution in [3.63, 3.8) is 0 Å². The molecule has 1 aromatic carbocycles. The third-order valence-corrected chi connectivity index (χ3v) is 3.10. The molecule has 2 N–H and O–H groups in total. The Balaban J connectivity index is 1.57. The van der Waals surface area contributed by atoms with Crippen LogP contribution in [0.25, 0.3) is 11.0 Å². The first-order valence-corrected chi connectivity index (χ1v) is 6.91. The van der Waals surface area contributed by atoms with E-state index in [1.807, 2.05) is 24.3 Å². The van der Waals surface area contributed by atoms with Crippen LogP contribution < -0.4 is 10.6 Å². The van der Waals surface area contributed by atoms with Gasteiger partial charge in [0.05, 0.1) is 22.8 Å². The highest BCUT2D eigenvalue weighted by Crippen LogP contribution is 2.11. The molecule has 0 radical (unpaired) electrons. The number of fused-ring (bicyclic) bond motifs is 1. The van der Waals surface area contributed by atoms with Gasteiger partial charge in [-0.1, -0.05) is 12.1 Å². The molecule has 0 fully saturated rings. The Labute approximate surface area is 127 Å². The van der Waals surface area contributed by atoms with Crippen LogP contribution in [0.1, 0.15) is 5.56 Å². The van der Waals surface area contributed by atoms with E-state index in [9.17, 15) is 0 Å². The van der Waals surface area contributed by atoms with Crippen molar-refractivity contribution in [3.05, 3.63) is 54.4 Å². The molecule has 2 aromatic heterocycles. The Kier molecular flexibility index (Phi) is 4.07. The highest BCUT2D eigenvalue weighted by Gasteiger charge is 2.01. The zero-order valence-electron chi connectivity index (χ0n) is 11.8. The first kappa shape index (κ1) is 13.8. The standard InChI is InChI=1S/C16H14N6/c17-10-12-4-3-7-19-16(12)20-9-8-18-15-11-21-13-5-1-2-6-14(13)22-15/h1-7,11H,8-9H2,(H,18,22)(H,19,20). The van der Waals surface area contributed by atoms with Crippen LogP contribution >= 0.6 is 0 Å². The monoisotopic (exact) mass is 290 g/mol. The van der Waals surface area contributed by atoms with E-state index in [1.165, 1.54) is 0 Å². The van der Waals surface area contributed by atoms with Crippen molar-refractivity contribution in [1.82, 2.24) is 15.0 Å². The first-order chi connectivity index (χ1) is 10.9. The van der Waals surface area contributed by atoms with Gasteiger partial charge in [0.1, 0.15) is 17.7 Å². The molecule has 22 heavy (non-hydrogen) atoms. The van der Waals surface area contributed by atoms with Crippen LogP contribution in [0.3, 0.4) is 0 Å². The summed E-state index contributed by atoms with van der Waals surface area (Å²) in [6, 6.07) is 13.3.